The Bertz CT molecular complexity index is 1960. The van der Waals surface area contributed by atoms with Gasteiger partial charge in [0, 0.05) is 11.8 Å². The molecule has 0 N–H and O–H groups in total. The second kappa shape index (κ2) is 13.0. The Morgan fingerprint density at radius 3 is 2.23 bits per heavy atom. The van der Waals surface area contributed by atoms with Gasteiger partial charge in [-0.05, 0) is 29.3 Å². The van der Waals surface area contributed by atoms with Crippen LogP contribution in [0.15, 0.2) is 107 Å². The average Bonchev–Trinajstić information content (AvgIpc) is 3.79. The number of ether oxygens (including phenoxy) is 3. The van der Waals surface area contributed by atoms with E-state index >= 15 is 0 Å². The normalized spacial score (nSPS) is 22.9. The fourth-order valence-corrected chi connectivity index (χ4v) is 6.84. The van der Waals surface area contributed by atoms with Gasteiger partial charge in [0.05, 0.1) is 19.5 Å². The highest BCUT2D eigenvalue weighted by Crippen LogP contribution is 2.45. The predicted octanol–water partition coefficient (Wildman–Crippen LogP) is 6.79. The van der Waals surface area contributed by atoms with Crippen LogP contribution in [0.2, 0.25) is 18.1 Å². The van der Waals surface area contributed by atoms with Gasteiger partial charge < -0.3 is 18.6 Å². The Kier molecular flexibility index (Phi) is 8.73. The van der Waals surface area contributed by atoms with E-state index in [1.54, 1.807) is 21.7 Å². The van der Waals surface area contributed by atoms with Crippen LogP contribution >= 0.6 is 0 Å². The molecular formula is C37H41N5O5Si. The van der Waals surface area contributed by atoms with E-state index in [0.29, 0.717) is 18.8 Å². The van der Waals surface area contributed by atoms with E-state index in [4.69, 9.17) is 28.6 Å². The molecule has 248 valence electrons. The van der Waals surface area contributed by atoms with Crippen LogP contribution in [-0.2, 0) is 25.2 Å². The number of hydrogen-bond donors (Lipinski definition) is 0. The van der Waals surface area contributed by atoms with Crippen molar-refractivity contribution in [1.82, 2.24) is 19.1 Å². The number of imidazole rings is 1. The van der Waals surface area contributed by atoms with Gasteiger partial charge in [0.25, 0.3) is 5.56 Å². The highest BCUT2D eigenvalue weighted by Gasteiger charge is 2.54. The van der Waals surface area contributed by atoms with E-state index in [2.05, 4.69) is 38.8 Å². The highest BCUT2D eigenvalue weighted by atomic mass is 28.4. The molecule has 10 nitrogen and oxygen atoms in total. The lowest BCUT2D eigenvalue weighted by atomic mass is 10.1. The second-order valence-corrected chi connectivity index (χ2v) is 18.7. The number of fused-ring (bicyclic) bond motifs is 2. The molecule has 2 aliphatic rings. The van der Waals surface area contributed by atoms with Crippen LogP contribution in [0.5, 0.6) is 0 Å². The molecule has 0 amide bonds. The summed E-state index contributed by atoms with van der Waals surface area (Å²) in [4.78, 5) is 28.3. The SMILES string of the molecule is CC(C)(C)[Si](C)(C)OC[C@H]1O[C@@H](n2cnc3c(=O)n(Cc4ccccc4)c(/N=C/c4ccccc4)nc32)[C@@H]2OC(c3ccccc3)O[C@@H]21. The number of benzene rings is 3. The summed E-state index contributed by atoms with van der Waals surface area (Å²) in [5.41, 5.74) is 3.06. The first-order chi connectivity index (χ1) is 23.1. The smallest absolute Gasteiger partial charge is 0.283 e. The van der Waals surface area contributed by atoms with E-state index in [0.717, 1.165) is 16.7 Å². The molecule has 0 bridgehead atoms. The van der Waals surface area contributed by atoms with Crippen molar-refractivity contribution < 1.29 is 18.6 Å². The quantitative estimate of drug-likeness (QED) is 0.126. The summed E-state index contributed by atoms with van der Waals surface area (Å²) in [5, 5.41) is 0.0325. The van der Waals surface area contributed by atoms with Gasteiger partial charge in [-0.1, -0.05) is 112 Å². The van der Waals surface area contributed by atoms with Crippen LogP contribution in [0, 0.1) is 0 Å². The maximum Gasteiger partial charge on any atom is 0.283 e. The minimum absolute atomic E-state index is 0.0325. The first-order valence-corrected chi connectivity index (χ1v) is 19.3. The van der Waals surface area contributed by atoms with Crippen molar-refractivity contribution in [2.24, 2.45) is 4.99 Å². The summed E-state index contributed by atoms with van der Waals surface area (Å²) in [5.74, 6) is 0.264. The molecule has 4 heterocycles. The molecule has 7 rings (SSSR count). The standard InChI is InChI=1S/C37H41N5O5Si/c1-37(2,3)48(4,5)44-23-28-30-31(47-35(46-30)27-19-13-8-14-20-27)34(45-28)42-24-39-29-32(42)40-36(38-21-25-15-9-6-10-16-25)41(33(29)43)22-26-17-11-7-12-18-26/h6-21,24,28,30-31,34-35H,22-23H2,1-5H3/b38-21+/t28-,30-,31-,34-,35?/m1/s1. The summed E-state index contributed by atoms with van der Waals surface area (Å²) < 4.78 is 29.8. The average molecular weight is 664 g/mol. The van der Waals surface area contributed by atoms with E-state index in [-0.39, 0.29) is 22.1 Å². The molecule has 2 aromatic heterocycles. The van der Waals surface area contributed by atoms with Crippen LogP contribution in [0.25, 0.3) is 11.2 Å². The van der Waals surface area contributed by atoms with Gasteiger partial charge in [0.15, 0.2) is 32.0 Å². The third-order valence-corrected chi connectivity index (χ3v) is 14.1. The molecule has 0 spiro atoms. The fourth-order valence-electron chi connectivity index (χ4n) is 5.82. The third-order valence-electron chi connectivity index (χ3n) is 9.58. The van der Waals surface area contributed by atoms with Crippen molar-refractivity contribution in [2.45, 2.75) is 76.3 Å². The van der Waals surface area contributed by atoms with Gasteiger partial charge >= 0.3 is 0 Å². The molecule has 1 unspecified atom stereocenters. The van der Waals surface area contributed by atoms with Crippen LogP contribution in [0.1, 0.15) is 50.0 Å². The lowest BCUT2D eigenvalue weighted by molar-refractivity contribution is -0.152. The van der Waals surface area contributed by atoms with E-state index in [1.165, 1.54) is 0 Å². The van der Waals surface area contributed by atoms with Crippen molar-refractivity contribution in [2.75, 3.05) is 6.61 Å². The Morgan fingerprint density at radius 1 is 0.896 bits per heavy atom. The van der Waals surface area contributed by atoms with Crippen molar-refractivity contribution in [3.63, 3.8) is 0 Å². The zero-order chi connectivity index (χ0) is 33.5. The van der Waals surface area contributed by atoms with E-state index in [1.807, 2.05) is 91.0 Å². The minimum Gasteiger partial charge on any atom is -0.414 e. The summed E-state index contributed by atoms with van der Waals surface area (Å²) in [6.45, 7) is 11.7. The van der Waals surface area contributed by atoms with Gasteiger partial charge in [0.1, 0.15) is 18.3 Å². The van der Waals surface area contributed by atoms with E-state index in [9.17, 15) is 4.79 Å². The van der Waals surface area contributed by atoms with Crippen molar-refractivity contribution in [3.05, 3.63) is 124 Å². The molecule has 0 saturated carbocycles. The minimum atomic E-state index is -2.09. The van der Waals surface area contributed by atoms with Crippen molar-refractivity contribution >= 4 is 31.6 Å². The molecule has 2 aliphatic heterocycles. The van der Waals surface area contributed by atoms with Crippen molar-refractivity contribution in [3.8, 4) is 0 Å². The molecule has 5 aromatic rings. The Labute approximate surface area is 281 Å². The Morgan fingerprint density at radius 2 is 1.54 bits per heavy atom. The summed E-state index contributed by atoms with van der Waals surface area (Å²) in [7, 11) is -2.09. The summed E-state index contributed by atoms with van der Waals surface area (Å²) >= 11 is 0. The van der Waals surface area contributed by atoms with Gasteiger partial charge in [-0.2, -0.15) is 4.98 Å². The van der Waals surface area contributed by atoms with Gasteiger partial charge in [-0.15, -0.1) is 0 Å². The van der Waals surface area contributed by atoms with Gasteiger partial charge in [-0.3, -0.25) is 13.9 Å². The number of aliphatic imine (C=N–C) groups is 1. The summed E-state index contributed by atoms with van der Waals surface area (Å²) in [6.07, 6.45) is 0.777. The maximum atomic E-state index is 14.1. The molecule has 5 atom stereocenters. The molecule has 0 radical (unpaired) electrons. The van der Waals surface area contributed by atoms with Crippen LogP contribution in [0.4, 0.5) is 5.95 Å². The topological polar surface area (TPSA) is 102 Å². The Hall–Kier alpha value is -4.26. The largest absolute Gasteiger partial charge is 0.414 e. The molecule has 48 heavy (non-hydrogen) atoms. The zero-order valence-corrected chi connectivity index (χ0v) is 28.9. The Balaban J connectivity index is 1.28. The predicted molar refractivity (Wildman–Crippen MR) is 187 cm³/mol. The number of hydrogen-bond acceptors (Lipinski definition) is 8. The maximum absolute atomic E-state index is 14.1. The molecule has 2 fully saturated rings. The first kappa shape index (κ1) is 32.3. The van der Waals surface area contributed by atoms with E-state index < -0.39 is 39.1 Å². The number of aromatic nitrogens is 4. The molecular weight excluding hydrogens is 623 g/mol. The monoisotopic (exact) mass is 663 g/mol. The zero-order valence-electron chi connectivity index (χ0n) is 27.9. The lowest BCUT2D eigenvalue weighted by Gasteiger charge is -2.37. The van der Waals surface area contributed by atoms with Crippen LogP contribution in [0.3, 0.4) is 0 Å². The molecule has 11 heteroatoms. The van der Waals surface area contributed by atoms with Gasteiger partial charge in [0.2, 0.25) is 5.95 Å². The van der Waals surface area contributed by atoms with Crippen molar-refractivity contribution in [1.29, 1.82) is 0 Å². The van der Waals surface area contributed by atoms with Crippen LogP contribution < -0.4 is 5.56 Å². The van der Waals surface area contributed by atoms with Gasteiger partial charge in [-0.25, -0.2) is 9.98 Å². The number of rotatable bonds is 9. The molecule has 0 aliphatic carbocycles. The lowest BCUT2D eigenvalue weighted by Crippen LogP contribution is -2.44. The highest BCUT2D eigenvalue weighted by molar-refractivity contribution is 6.74. The third kappa shape index (κ3) is 6.31. The molecule has 2 saturated heterocycles. The molecule has 3 aromatic carbocycles. The second-order valence-electron chi connectivity index (χ2n) is 13.9. The number of nitrogens with zero attached hydrogens (tertiary/aromatic N) is 5. The fraction of sp³-hybridized carbons (Fsp3) is 0.351. The summed E-state index contributed by atoms with van der Waals surface area (Å²) in [6, 6.07) is 29.4. The first-order valence-electron chi connectivity index (χ1n) is 16.3. The van der Waals surface area contributed by atoms with Crippen LogP contribution in [-0.4, -0.2) is 58.6 Å².